The molecule has 6 heteroatoms. The van der Waals surface area contributed by atoms with Crippen LogP contribution in [0.1, 0.15) is 66.8 Å². The van der Waals surface area contributed by atoms with Gasteiger partial charge in [0.25, 0.3) is 5.91 Å². The van der Waals surface area contributed by atoms with Gasteiger partial charge in [-0.1, -0.05) is 12.1 Å². The molecule has 4 rings (SSSR count). The zero-order chi connectivity index (χ0) is 18.9. The molecule has 2 N–H and O–H groups in total. The highest BCUT2D eigenvalue weighted by Gasteiger charge is 2.42. The number of amides is 1. The summed E-state index contributed by atoms with van der Waals surface area (Å²) in [7, 11) is 0. The number of hydrogen-bond donors (Lipinski definition) is 2. The van der Waals surface area contributed by atoms with Crippen molar-refractivity contribution in [3.63, 3.8) is 0 Å². The van der Waals surface area contributed by atoms with Gasteiger partial charge in [-0.3, -0.25) is 4.79 Å². The third-order valence-electron chi connectivity index (χ3n) is 6.09. The molecular formula is C21H28F2N2O2. The molecule has 3 fully saturated rings. The zero-order valence-electron chi connectivity index (χ0n) is 15.6. The third kappa shape index (κ3) is 4.85. The highest BCUT2D eigenvalue weighted by molar-refractivity contribution is 5.94. The van der Waals surface area contributed by atoms with Crippen LogP contribution in [-0.4, -0.2) is 43.2 Å². The van der Waals surface area contributed by atoms with E-state index in [1.165, 1.54) is 0 Å². The molecule has 2 aliphatic carbocycles. The standard InChI is InChI=1S/C21H28F2N2O2/c22-21(23)8-4-16(5-9-21)24-19-13-18(19)14-2-1-3-15(12-14)20(26)25-17-6-10-27-11-7-17/h1-3,12,16-19,24H,4-11,13H2,(H,25,26)/t18-,19+/m0/s1. The lowest BCUT2D eigenvalue weighted by atomic mass is 9.92. The Balaban J connectivity index is 1.30. The van der Waals surface area contributed by atoms with Crippen LogP contribution in [0.5, 0.6) is 0 Å². The number of carbonyl (C=O) groups is 1. The molecule has 1 amide bonds. The Hall–Kier alpha value is -1.53. The SMILES string of the molecule is O=C(NC1CCOCC1)c1cccc([C@@H]2C[C@H]2NC2CCC(F)(F)CC2)c1. The van der Waals surface area contributed by atoms with Crippen LogP contribution in [0.25, 0.3) is 0 Å². The molecule has 4 nitrogen and oxygen atoms in total. The van der Waals surface area contributed by atoms with Gasteiger partial charge in [-0.25, -0.2) is 8.78 Å². The second kappa shape index (κ2) is 7.84. The van der Waals surface area contributed by atoms with Gasteiger partial charge in [-0.2, -0.15) is 0 Å². The maximum absolute atomic E-state index is 13.3. The second-order valence-corrected chi connectivity index (χ2v) is 8.23. The number of carbonyl (C=O) groups excluding carboxylic acids is 1. The second-order valence-electron chi connectivity index (χ2n) is 8.23. The first-order valence-electron chi connectivity index (χ1n) is 10.1. The average molecular weight is 378 g/mol. The molecular weight excluding hydrogens is 350 g/mol. The lowest BCUT2D eigenvalue weighted by Gasteiger charge is -2.29. The number of ether oxygens (including phenoxy) is 1. The van der Waals surface area contributed by atoms with Gasteiger partial charge in [0, 0.05) is 55.7 Å². The Morgan fingerprint density at radius 3 is 2.56 bits per heavy atom. The molecule has 0 aromatic heterocycles. The van der Waals surface area contributed by atoms with Crippen molar-refractivity contribution >= 4 is 5.91 Å². The van der Waals surface area contributed by atoms with E-state index < -0.39 is 5.92 Å². The molecule has 0 spiro atoms. The molecule has 2 atom stereocenters. The summed E-state index contributed by atoms with van der Waals surface area (Å²) in [4.78, 5) is 12.5. The van der Waals surface area contributed by atoms with Gasteiger partial charge >= 0.3 is 0 Å². The predicted molar refractivity (Wildman–Crippen MR) is 99.2 cm³/mol. The first-order valence-corrected chi connectivity index (χ1v) is 10.1. The molecule has 1 heterocycles. The Kier molecular flexibility index (Phi) is 5.46. The lowest BCUT2D eigenvalue weighted by Crippen LogP contribution is -2.39. The van der Waals surface area contributed by atoms with E-state index in [1.54, 1.807) is 0 Å². The molecule has 2 saturated carbocycles. The van der Waals surface area contributed by atoms with E-state index in [0.29, 0.717) is 43.6 Å². The summed E-state index contributed by atoms with van der Waals surface area (Å²) in [6.07, 6.45) is 3.81. The minimum Gasteiger partial charge on any atom is -0.381 e. The molecule has 148 valence electrons. The lowest BCUT2D eigenvalue weighted by molar-refractivity contribution is -0.0405. The normalized spacial score (nSPS) is 28.7. The summed E-state index contributed by atoms with van der Waals surface area (Å²) < 4.78 is 31.9. The fourth-order valence-corrected chi connectivity index (χ4v) is 4.28. The van der Waals surface area contributed by atoms with E-state index >= 15 is 0 Å². The van der Waals surface area contributed by atoms with Gasteiger partial charge in [-0.05, 0) is 49.8 Å². The molecule has 3 aliphatic rings. The van der Waals surface area contributed by atoms with Crippen molar-refractivity contribution in [3.8, 4) is 0 Å². The Bertz CT molecular complexity index is 666. The topological polar surface area (TPSA) is 50.4 Å². The minimum absolute atomic E-state index is 0.0100. The van der Waals surface area contributed by atoms with Crippen LogP contribution in [0.3, 0.4) is 0 Å². The first kappa shape index (κ1) is 18.8. The van der Waals surface area contributed by atoms with Gasteiger partial charge in [0.1, 0.15) is 0 Å². The van der Waals surface area contributed by atoms with Crippen LogP contribution in [0.2, 0.25) is 0 Å². The first-order chi connectivity index (χ1) is 13.0. The Morgan fingerprint density at radius 1 is 1.07 bits per heavy atom. The van der Waals surface area contributed by atoms with Crippen LogP contribution in [-0.2, 0) is 4.74 Å². The van der Waals surface area contributed by atoms with Crippen molar-refractivity contribution in [2.24, 2.45) is 0 Å². The third-order valence-corrected chi connectivity index (χ3v) is 6.09. The number of halogens is 2. The summed E-state index contributed by atoms with van der Waals surface area (Å²) in [5.74, 6) is -2.13. The summed E-state index contributed by atoms with van der Waals surface area (Å²) in [6, 6.07) is 8.56. The van der Waals surface area contributed by atoms with Crippen molar-refractivity contribution in [2.45, 2.75) is 74.9 Å². The summed E-state index contributed by atoms with van der Waals surface area (Å²) >= 11 is 0. The van der Waals surface area contributed by atoms with Crippen LogP contribution in [0, 0.1) is 0 Å². The fourth-order valence-electron chi connectivity index (χ4n) is 4.28. The van der Waals surface area contributed by atoms with E-state index in [-0.39, 0.29) is 30.8 Å². The molecule has 1 saturated heterocycles. The fraction of sp³-hybridized carbons (Fsp3) is 0.667. The van der Waals surface area contributed by atoms with Crippen molar-refractivity contribution in [3.05, 3.63) is 35.4 Å². The summed E-state index contributed by atoms with van der Waals surface area (Å²) in [5, 5.41) is 6.65. The summed E-state index contributed by atoms with van der Waals surface area (Å²) in [6.45, 7) is 1.40. The van der Waals surface area contributed by atoms with Crippen LogP contribution < -0.4 is 10.6 Å². The molecule has 27 heavy (non-hydrogen) atoms. The van der Waals surface area contributed by atoms with Crippen molar-refractivity contribution < 1.29 is 18.3 Å². The minimum atomic E-state index is -2.48. The number of alkyl halides is 2. The maximum Gasteiger partial charge on any atom is 0.251 e. The average Bonchev–Trinajstić information content (AvgIpc) is 3.44. The molecule has 1 aromatic rings. The van der Waals surface area contributed by atoms with Crippen LogP contribution in [0.4, 0.5) is 8.78 Å². The van der Waals surface area contributed by atoms with Crippen LogP contribution in [0.15, 0.2) is 24.3 Å². The Labute approximate surface area is 159 Å². The maximum atomic E-state index is 13.3. The molecule has 1 aromatic carbocycles. The van der Waals surface area contributed by atoms with Crippen molar-refractivity contribution in [1.29, 1.82) is 0 Å². The quantitative estimate of drug-likeness (QED) is 0.823. The van der Waals surface area contributed by atoms with E-state index in [0.717, 1.165) is 24.8 Å². The predicted octanol–water partition coefficient (Wildman–Crippen LogP) is 3.62. The zero-order valence-corrected chi connectivity index (χ0v) is 15.6. The van der Waals surface area contributed by atoms with Gasteiger partial charge in [0.2, 0.25) is 5.92 Å². The number of rotatable bonds is 5. The monoisotopic (exact) mass is 378 g/mol. The smallest absolute Gasteiger partial charge is 0.251 e. The van der Waals surface area contributed by atoms with Gasteiger partial charge in [0.05, 0.1) is 0 Å². The van der Waals surface area contributed by atoms with Gasteiger partial charge in [0.15, 0.2) is 0 Å². The molecule has 1 aliphatic heterocycles. The van der Waals surface area contributed by atoms with E-state index in [4.69, 9.17) is 4.74 Å². The highest BCUT2D eigenvalue weighted by atomic mass is 19.3. The Morgan fingerprint density at radius 2 is 1.81 bits per heavy atom. The number of nitrogens with one attached hydrogen (secondary N) is 2. The largest absolute Gasteiger partial charge is 0.381 e. The van der Waals surface area contributed by atoms with Crippen LogP contribution >= 0.6 is 0 Å². The van der Waals surface area contributed by atoms with Crippen molar-refractivity contribution in [2.75, 3.05) is 13.2 Å². The number of hydrogen-bond acceptors (Lipinski definition) is 3. The molecule has 0 bridgehead atoms. The van der Waals surface area contributed by atoms with Gasteiger partial charge < -0.3 is 15.4 Å². The van der Waals surface area contributed by atoms with E-state index in [9.17, 15) is 13.6 Å². The van der Waals surface area contributed by atoms with E-state index in [1.807, 2.05) is 18.2 Å². The number of benzene rings is 1. The van der Waals surface area contributed by atoms with E-state index in [2.05, 4.69) is 16.7 Å². The van der Waals surface area contributed by atoms with Gasteiger partial charge in [-0.15, -0.1) is 0 Å². The van der Waals surface area contributed by atoms with Crippen molar-refractivity contribution in [1.82, 2.24) is 10.6 Å². The molecule has 0 unspecified atom stereocenters. The molecule has 0 radical (unpaired) electrons. The summed E-state index contributed by atoms with van der Waals surface area (Å²) in [5.41, 5.74) is 1.86. The highest BCUT2D eigenvalue weighted by Crippen LogP contribution is 2.43.